The molecule has 0 spiro atoms. The molecule has 0 heterocycles. The van der Waals surface area contributed by atoms with E-state index in [1.807, 2.05) is 6.92 Å². The summed E-state index contributed by atoms with van der Waals surface area (Å²) in [5, 5.41) is 0. The summed E-state index contributed by atoms with van der Waals surface area (Å²) >= 11 is 3.55. The molecule has 0 amide bonds. The lowest BCUT2D eigenvalue weighted by Crippen LogP contribution is -2.18. The van der Waals surface area contributed by atoms with E-state index < -0.39 is 0 Å². The van der Waals surface area contributed by atoms with Crippen LogP contribution in [0, 0.1) is 6.92 Å². The lowest BCUT2D eigenvalue weighted by molar-refractivity contribution is 1.00. The molecule has 0 fully saturated rings. The Balaban J connectivity index is 3.01. The molecule has 0 N–H and O–H groups in total. The van der Waals surface area contributed by atoms with Gasteiger partial charge in [0.15, 0.2) is 0 Å². The maximum absolute atomic E-state index is 3.55. The van der Waals surface area contributed by atoms with E-state index in [1.54, 1.807) is 0 Å². The number of allylic oxidation sites excluding steroid dienone is 1. The zero-order valence-corrected chi connectivity index (χ0v) is 10.5. The van der Waals surface area contributed by atoms with Crippen LogP contribution in [0.2, 0.25) is 0 Å². The van der Waals surface area contributed by atoms with Crippen LogP contribution in [-0.2, 0) is 0 Å². The minimum Gasteiger partial charge on any atom is -0.336 e. The molecule has 0 saturated heterocycles. The molecule has 2 heteroatoms. The molecular formula is C12H16BrN. The Labute approximate surface area is 94.6 Å². The number of anilines is 1. The smallest absolute Gasteiger partial charge is 0.0807 e. The second-order valence-corrected chi connectivity index (χ2v) is 4.01. The number of aryl methyl sites for hydroxylation is 1. The fraction of sp³-hybridized carbons (Fsp3) is 0.333. The first-order valence-electron chi connectivity index (χ1n) is 4.85. The molecule has 0 atom stereocenters. The molecule has 0 aliphatic heterocycles. The molecule has 0 radical (unpaired) electrons. The van der Waals surface area contributed by atoms with Crippen LogP contribution in [0.25, 0.3) is 0 Å². The van der Waals surface area contributed by atoms with Crippen molar-refractivity contribution in [3.63, 3.8) is 0 Å². The molecule has 1 rings (SSSR count). The number of benzene rings is 1. The van der Waals surface area contributed by atoms with Crippen molar-refractivity contribution >= 4 is 21.6 Å². The maximum atomic E-state index is 3.55. The molecule has 1 aromatic carbocycles. The van der Waals surface area contributed by atoms with Gasteiger partial charge in [-0.05, 0) is 54.4 Å². The van der Waals surface area contributed by atoms with E-state index in [0.29, 0.717) is 0 Å². The zero-order valence-electron chi connectivity index (χ0n) is 8.92. The van der Waals surface area contributed by atoms with Crippen molar-refractivity contribution in [2.24, 2.45) is 0 Å². The van der Waals surface area contributed by atoms with Crippen LogP contribution in [0.3, 0.4) is 0 Å². The summed E-state index contributed by atoms with van der Waals surface area (Å²) in [5.74, 6) is 0. The van der Waals surface area contributed by atoms with Crippen LogP contribution in [0.1, 0.15) is 19.4 Å². The van der Waals surface area contributed by atoms with Crippen molar-refractivity contribution in [1.82, 2.24) is 0 Å². The first-order chi connectivity index (χ1) is 6.69. The van der Waals surface area contributed by atoms with Gasteiger partial charge in [0.05, 0.1) is 4.61 Å². The van der Waals surface area contributed by atoms with Crippen LogP contribution < -0.4 is 4.90 Å². The fourth-order valence-corrected chi connectivity index (χ4v) is 1.86. The van der Waals surface area contributed by atoms with Gasteiger partial charge in [0, 0.05) is 12.2 Å². The Bertz CT molecular complexity index is 331. The standard InChI is InChI=1S/C12H16BrN/c1-4-12(13)14(5-2)11-8-6-7-10(3)9-11/h4,6-9H,5H2,1-3H3/b12-4-. The monoisotopic (exact) mass is 253 g/mol. The summed E-state index contributed by atoms with van der Waals surface area (Å²) in [4.78, 5) is 2.23. The predicted molar refractivity (Wildman–Crippen MR) is 66.9 cm³/mol. The number of hydrogen-bond acceptors (Lipinski definition) is 1. The van der Waals surface area contributed by atoms with Gasteiger partial charge >= 0.3 is 0 Å². The second kappa shape index (κ2) is 5.20. The molecule has 0 bridgehead atoms. The van der Waals surface area contributed by atoms with Gasteiger partial charge in [-0.1, -0.05) is 18.2 Å². The topological polar surface area (TPSA) is 3.24 Å². The van der Waals surface area contributed by atoms with Gasteiger partial charge in [0.25, 0.3) is 0 Å². The Morgan fingerprint density at radius 2 is 2.21 bits per heavy atom. The summed E-state index contributed by atoms with van der Waals surface area (Å²) in [5.41, 5.74) is 2.52. The van der Waals surface area contributed by atoms with Gasteiger partial charge in [0.1, 0.15) is 0 Å². The van der Waals surface area contributed by atoms with E-state index in [9.17, 15) is 0 Å². The third kappa shape index (κ3) is 2.61. The van der Waals surface area contributed by atoms with E-state index in [4.69, 9.17) is 0 Å². The summed E-state index contributed by atoms with van der Waals surface area (Å²) in [7, 11) is 0. The summed E-state index contributed by atoms with van der Waals surface area (Å²) < 4.78 is 1.12. The molecule has 76 valence electrons. The zero-order chi connectivity index (χ0) is 10.6. The highest BCUT2D eigenvalue weighted by Crippen LogP contribution is 2.23. The summed E-state index contributed by atoms with van der Waals surface area (Å²) in [6, 6.07) is 8.51. The second-order valence-electron chi connectivity index (χ2n) is 3.19. The SMILES string of the molecule is C/C=C(/Br)N(CC)c1cccc(C)c1. The van der Waals surface area contributed by atoms with Crippen molar-refractivity contribution in [2.75, 3.05) is 11.4 Å². The molecule has 0 aliphatic carbocycles. The molecule has 1 nitrogen and oxygen atoms in total. The van der Waals surface area contributed by atoms with Crippen LogP contribution in [0.4, 0.5) is 5.69 Å². The van der Waals surface area contributed by atoms with E-state index >= 15 is 0 Å². The maximum Gasteiger partial charge on any atom is 0.0807 e. The largest absolute Gasteiger partial charge is 0.336 e. The van der Waals surface area contributed by atoms with E-state index in [0.717, 1.165) is 11.2 Å². The van der Waals surface area contributed by atoms with Crippen LogP contribution in [0.15, 0.2) is 34.9 Å². The Morgan fingerprint density at radius 3 is 2.71 bits per heavy atom. The lowest BCUT2D eigenvalue weighted by Gasteiger charge is -2.22. The van der Waals surface area contributed by atoms with Gasteiger partial charge in [-0.15, -0.1) is 0 Å². The van der Waals surface area contributed by atoms with Gasteiger partial charge in [-0.25, -0.2) is 0 Å². The van der Waals surface area contributed by atoms with Gasteiger partial charge < -0.3 is 4.90 Å². The van der Waals surface area contributed by atoms with Gasteiger partial charge in [-0.3, -0.25) is 0 Å². The third-order valence-electron chi connectivity index (χ3n) is 2.13. The van der Waals surface area contributed by atoms with Crippen LogP contribution >= 0.6 is 15.9 Å². The van der Waals surface area contributed by atoms with E-state index in [1.165, 1.54) is 11.3 Å². The summed E-state index contributed by atoms with van der Waals surface area (Å²) in [6.45, 7) is 7.25. The third-order valence-corrected chi connectivity index (χ3v) is 3.01. The number of hydrogen-bond donors (Lipinski definition) is 0. The Kier molecular flexibility index (Phi) is 4.21. The Morgan fingerprint density at radius 1 is 1.50 bits per heavy atom. The average Bonchev–Trinajstić information content (AvgIpc) is 2.19. The van der Waals surface area contributed by atoms with Crippen LogP contribution in [0.5, 0.6) is 0 Å². The van der Waals surface area contributed by atoms with E-state index in [2.05, 4.69) is 65.0 Å². The predicted octanol–water partition coefficient (Wildman–Crippen LogP) is 4.08. The minimum atomic E-state index is 0.967. The molecule has 0 aromatic heterocycles. The Hall–Kier alpha value is -0.760. The normalized spacial score (nSPS) is 11.6. The van der Waals surface area contributed by atoms with E-state index in [-0.39, 0.29) is 0 Å². The molecule has 0 saturated carbocycles. The average molecular weight is 254 g/mol. The highest BCUT2D eigenvalue weighted by Gasteiger charge is 2.05. The molecular weight excluding hydrogens is 238 g/mol. The van der Waals surface area contributed by atoms with Crippen molar-refractivity contribution in [3.05, 3.63) is 40.5 Å². The lowest BCUT2D eigenvalue weighted by atomic mass is 10.2. The van der Waals surface area contributed by atoms with Crippen LogP contribution in [-0.4, -0.2) is 6.54 Å². The highest BCUT2D eigenvalue weighted by atomic mass is 79.9. The number of nitrogens with zero attached hydrogens (tertiary/aromatic N) is 1. The molecule has 0 unspecified atom stereocenters. The first-order valence-corrected chi connectivity index (χ1v) is 5.64. The summed E-state index contributed by atoms with van der Waals surface area (Å²) in [6.07, 6.45) is 2.06. The van der Waals surface area contributed by atoms with Crippen molar-refractivity contribution < 1.29 is 0 Å². The van der Waals surface area contributed by atoms with Crippen molar-refractivity contribution in [3.8, 4) is 0 Å². The molecule has 0 aliphatic rings. The van der Waals surface area contributed by atoms with Gasteiger partial charge in [-0.2, -0.15) is 0 Å². The minimum absolute atomic E-state index is 0.967. The fourth-order valence-electron chi connectivity index (χ4n) is 1.41. The number of rotatable bonds is 3. The number of halogens is 1. The quantitative estimate of drug-likeness (QED) is 0.735. The van der Waals surface area contributed by atoms with Crippen molar-refractivity contribution in [1.29, 1.82) is 0 Å². The van der Waals surface area contributed by atoms with Gasteiger partial charge in [0.2, 0.25) is 0 Å². The first kappa shape index (κ1) is 11.3. The highest BCUT2D eigenvalue weighted by molar-refractivity contribution is 9.11. The molecule has 14 heavy (non-hydrogen) atoms. The molecule has 1 aromatic rings. The van der Waals surface area contributed by atoms with Crippen molar-refractivity contribution in [2.45, 2.75) is 20.8 Å².